The molecule has 0 saturated heterocycles. The molecule has 0 aromatic carbocycles. The summed E-state index contributed by atoms with van der Waals surface area (Å²) in [5.74, 6) is 0. The third-order valence-electron chi connectivity index (χ3n) is 4.48. The van der Waals surface area contributed by atoms with Crippen molar-refractivity contribution in [3.63, 3.8) is 0 Å². The van der Waals surface area contributed by atoms with Crippen LogP contribution in [0.15, 0.2) is 6.20 Å². The van der Waals surface area contributed by atoms with Crippen LogP contribution < -0.4 is 5.32 Å². The van der Waals surface area contributed by atoms with Crippen LogP contribution in [-0.2, 0) is 6.42 Å². The molecule has 1 aromatic rings. The number of rotatable bonds is 5. The molecule has 0 amide bonds. The van der Waals surface area contributed by atoms with Gasteiger partial charge in [0.05, 0.1) is 5.01 Å². The highest BCUT2D eigenvalue weighted by Crippen LogP contribution is 2.40. The summed E-state index contributed by atoms with van der Waals surface area (Å²) in [6, 6.07) is 0.840. The summed E-state index contributed by atoms with van der Waals surface area (Å²) in [4.78, 5) is 5.91. The number of nitrogens with one attached hydrogen (secondary N) is 1. The second kappa shape index (κ2) is 5.30. The Morgan fingerprint density at radius 3 is 2.72 bits per heavy atom. The highest BCUT2D eigenvalue weighted by molar-refractivity contribution is 7.11. The van der Waals surface area contributed by atoms with Gasteiger partial charge in [0.25, 0.3) is 0 Å². The third kappa shape index (κ3) is 3.12. The predicted octanol–water partition coefficient (Wildman–Crippen LogP) is 3.70. The zero-order chi connectivity index (χ0) is 12.4. The van der Waals surface area contributed by atoms with Crippen molar-refractivity contribution in [2.45, 2.75) is 64.3 Å². The van der Waals surface area contributed by atoms with Crippen LogP contribution >= 0.6 is 11.3 Å². The zero-order valence-corrected chi connectivity index (χ0v) is 12.2. The molecule has 0 aliphatic heterocycles. The van der Waals surface area contributed by atoms with Gasteiger partial charge in [0, 0.05) is 23.7 Å². The molecular formula is C15H24N2S. The molecule has 1 aromatic heterocycles. The van der Waals surface area contributed by atoms with Crippen LogP contribution in [-0.4, -0.2) is 17.6 Å². The van der Waals surface area contributed by atoms with Crippen LogP contribution in [0.2, 0.25) is 0 Å². The summed E-state index contributed by atoms with van der Waals surface area (Å²) in [6.45, 7) is 3.35. The molecule has 2 saturated carbocycles. The topological polar surface area (TPSA) is 24.9 Å². The minimum absolute atomic E-state index is 0.528. The Kier molecular flexibility index (Phi) is 3.71. The molecule has 3 heteroatoms. The summed E-state index contributed by atoms with van der Waals surface area (Å²) in [6.07, 6.45) is 13.2. The monoisotopic (exact) mass is 264 g/mol. The van der Waals surface area contributed by atoms with Gasteiger partial charge in [-0.25, -0.2) is 4.98 Å². The van der Waals surface area contributed by atoms with Gasteiger partial charge in [0.2, 0.25) is 0 Å². The lowest BCUT2D eigenvalue weighted by molar-refractivity contribution is 0.181. The number of thiazole rings is 1. The van der Waals surface area contributed by atoms with Gasteiger partial charge < -0.3 is 5.32 Å². The van der Waals surface area contributed by atoms with Gasteiger partial charge in [-0.05, 0) is 44.4 Å². The molecule has 1 heterocycles. The lowest BCUT2D eigenvalue weighted by Crippen LogP contribution is -2.38. The van der Waals surface area contributed by atoms with Crippen molar-refractivity contribution in [2.24, 2.45) is 5.41 Å². The molecule has 2 aliphatic carbocycles. The Bertz CT molecular complexity index is 389. The molecular weight excluding hydrogens is 240 g/mol. The van der Waals surface area contributed by atoms with Crippen molar-refractivity contribution in [3.8, 4) is 0 Å². The third-order valence-corrected chi connectivity index (χ3v) is 5.39. The molecule has 2 fully saturated rings. The van der Waals surface area contributed by atoms with E-state index < -0.39 is 0 Å². The molecule has 0 atom stereocenters. The fourth-order valence-electron chi connectivity index (χ4n) is 3.22. The number of hydrogen-bond acceptors (Lipinski definition) is 3. The minimum Gasteiger partial charge on any atom is -0.313 e. The number of hydrogen-bond donors (Lipinski definition) is 1. The molecule has 0 spiro atoms. The van der Waals surface area contributed by atoms with Crippen molar-refractivity contribution in [3.05, 3.63) is 16.1 Å². The molecule has 2 aliphatic rings. The van der Waals surface area contributed by atoms with E-state index >= 15 is 0 Å². The second-order valence-corrected chi connectivity index (χ2v) is 7.56. The normalized spacial score (nSPS) is 23.2. The first-order valence-electron chi connectivity index (χ1n) is 7.41. The van der Waals surface area contributed by atoms with Crippen LogP contribution in [0.5, 0.6) is 0 Å². The Morgan fingerprint density at radius 1 is 1.33 bits per heavy atom. The Hall–Kier alpha value is -0.410. The maximum atomic E-state index is 4.42. The van der Waals surface area contributed by atoms with Gasteiger partial charge in [-0.1, -0.05) is 19.3 Å². The SMILES string of the molecule is Cc1ncc(CC2(CNC3CC3)CCCCC2)s1. The van der Waals surface area contributed by atoms with Crippen molar-refractivity contribution < 1.29 is 0 Å². The summed E-state index contributed by atoms with van der Waals surface area (Å²) < 4.78 is 0. The van der Waals surface area contributed by atoms with E-state index in [9.17, 15) is 0 Å². The highest BCUT2D eigenvalue weighted by atomic mass is 32.1. The van der Waals surface area contributed by atoms with Crippen molar-refractivity contribution in [1.82, 2.24) is 10.3 Å². The van der Waals surface area contributed by atoms with Crippen LogP contribution in [0.1, 0.15) is 54.8 Å². The van der Waals surface area contributed by atoms with Crippen LogP contribution in [0.4, 0.5) is 0 Å². The van der Waals surface area contributed by atoms with E-state index in [2.05, 4.69) is 23.4 Å². The van der Waals surface area contributed by atoms with E-state index in [1.165, 1.54) is 67.8 Å². The molecule has 3 rings (SSSR count). The summed E-state index contributed by atoms with van der Waals surface area (Å²) in [5.41, 5.74) is 0.528. The predicted molar refractivity (Wildman–Crippen MR) is 77.1 cm³/mol. The first-order chi connectivity index (χ1) is 8.76. The van der Waals surface area contributed by atoms with Gasteiger partial charge >= 0.3 is 0 Å². The summed E-state index contributed by atoms with van der Waals surface area (Å²) in [5, 5.41) is 4.99. The van der Waals surface area contributed by atoms with Gasteiger partial charge in [-0.3, -0.25) is 0 Å². The van der Waals surface area contributed by atoms with Crippen molar-refractivity contribution >= 4 is 11.3 Å². The standard InChI is InChI=1S/C15H24N2S/c1-12-16-10-14(18-12)9-15(7-3-2-4-8-15)11-17-13-5-6-13/h10,13,17H,2-9,11H2,1H3. The lowest BCUT2D eigenvalue weighted by atomic mass is 9.71. The summed E-state index contributed by atoms with van der Waals surface area (Å²) >= 11 is 1.89. The lowest BCUT2D eigenvalue weighted by Gasteiger charge is -2.37. The quantitative estimate of drug-likeness (QED) is 0.877. The minimum atomic E-state index is 0.528. The molecule has 18 heavy (non-hydrogen) atoms. The molecule has 0 bridgehead atoms. The Labute approximate surface area is 114 Å². The van der Waals surface area contributed by atoms with Crippen LogP contribution in [0.3, 0.4) is 0 Å². The molecule has 2 nitrogen and oxygen atoms in total. The highest BCUT2D eigenvalue weighted by Gasteiger charge is 2.34. The molecule has 0 unspecified atom stereocenters. The summed E-state index contributed by atoms with van der Waals surface area (Å²) in [7, 11) is 0. The molecule has 1 N–H and O–H groups in total. The van der Waals surface area contributed by atoms with E-state index in [0.717, 1.165) is 6.04 Å². The van der Waals surface area contributed by atoms with E-state index in [1.807, 2.05) is 11.3 Å². The fourth-order valence-corrected chi connectivity index (χ4v) is 4.19. The van der Waals surface area contributed by atoms with Crippen molar-refractivity contribution in [1.29, 1.82) is 0 Å². The van der Waals surface area contributed by atoms with Crippen LogP contribution in [0, 0.1) is 12.3 Å². The average Bonchev–Trinajstić information content (AvgIpc) is 3.12. The van der Waals surface area contributed by atoms with E-state index in [-0.39, 0.29) is 0 Å². The smallest absolute Gasteiger partial charge is 0.0896 e. The number of aryl methyl sites for hydroxylation is 1. The zero-order valence-electron chi connectivity index (χ0n) is 11.4. The van der Waals surface area contributed by atoms with Gasteiger partial charge in [0.1, 0.15) is 0 Å². The van der Waals surface area contributed by atoms with Crippen molar-refractivity contribution in [2.75, 3.05) is 6.54 Å². The average molecular weight is 264 g/mol. The maximum absolute atomic E-state index is 4.42. The van der Waals surface area contributed by atoms with E-state index in [1.54, 1.807) is 0 Å². The molecule has 100 valence electrons. The molecule has 0 radical (unpaired) electrons. The second-order valence-electron chi connectivity index (χ2n) is 6.24. The number of nitrogens with zero attached hydrogens (tertiary/aromatic N) is 1. The fraction of sp³-hybridized carbons (Fsp3) is 0.800. The van der Waals surface area contributed by atoms with Gasteiger partial charge in [0.15, 0.2) is 0 Å². The van der Waals surface area contributed by atoms with Gasteiger partial charge in [-0.2, -0.15) is 0 Å². The Morgan fingerprint density at radius 2 is 2.11 bits per heavy atom. The van der Waals surface area contributed by atoms with Gasteiger partial charge in [-0.15, -0.1) is 11.3 Å². The van der Waals surface area contributed by atoms with E-state index in [4.69, 9.17) is 0 Å². The van der Waals surface area contributed by atoms with E-state index in [0.29, 0.717) is 5.41 Å². The largest absolute Gasteiger partial charge is 0.313 e. The Balaban J connectivity index is 1.66. The maximum Gasteiger partial charge on any atom is 0.0896 e. The first kappa shape index (κ1) is 12.6. The first-order valence-corrected chi connectivity index (χ1v) is 8.22. The number of aromatic nitrogens is 1. The van der Waals surface area contributed by atoms with Crippen LogP contribution in [0.25, 0.3) is 0 Å².